The minimum Gasteiger partial charge on any atom is -0.392 e. The van der Waals surface area contributed by atoms with Crippen molar-refractivity contribution < 1.29 is 5.11 Å². The minimum absolute atomic E-state index is 0.146. The van der Waals surface area contributed by atoms with Crippen LogP contribution >= 0.6 is 0 Å². The maximum absolute atomic E-state index is 9.15. The molecule has 1 aliphatic heterocycles. The first kappa shape index (κ1) is 13.5. The van der Waals surface area contributed by atoms with E-state index in [4.69, 9.17) is 5.11 Å². The van der Waals surface area contributed by atoms with Crippen molar-refractivity contribution in [1.29, 1.82) is 0 Å². The lowest BCUT2D eigenvalue weighted by atomic mass is 10.1. The van der Waals surface area contributed by atoms with Crippen LogP contribution in [0.5, 0.6) is 0 Å². The summed E-state index contributed by atoms with van der Waals surface area (Å²) >= 11 is 0. The summed E-state index contributed by atoms with van der Waals surface area (Å²) in [6, 6.07) is 6.35. The Morgan fingerprint density at radius 3 is 2.56 bits per heavy atom. The van der Waals surface area contributed by atoms with Crippen LogP contribution < -0.4 is 0 Å². The van der Waals surface area contributed by atoms with Crippen molar-refractivity contribution >= 4 is 0 Å². The smallest absolute Gasteiger partial charge is 0.0681 e. The third kappa shape index (κ3) is 3.10. The van der Waals surface area contributed by atoms with Gasteiger partial charge in [0.15, 0.2) is 0 Å². The molecule has 0 bridgehead atoms. The lowest BCUT2D eigenvalue weighted by Crippen LogP contribution is -2.32. The van der Waals surface area contributed by atoms with Gasteiger partial charge in [0.05, 0.1) is 6.61 Å². The average Bonchev–Trinajstić information content (AvgIpc) is 2.81. The number of likely N-dealkylation sites (N-methyl/N-ethyl adjacent to an activating group) is 1. The van der Waals surface area contributed by atoms with Gasteiger partial charge in [0, 0.05) is 26.2 Å². The van der Waals surface area contributed by atoms with Crippen molar-refractivity contribution in [2.75, 3.05) is 26.2 Å². The Hall–Kier alpha value is -0.900. The number of aliphatic hydroxyl groups is 1. The lowest BCUT2D eigenvalue weighted by Gasteiger charge is -2.22. The molecule has 3 nitrogen and oxygen atoms in total. The average molecular weight is 248 g/mol. The predicted molar refractivity (Wildman–Crippen MR) is 74.3 cm³/mol. The molecule has 0 radical (unpaired) electrons. The Bertz CT molecular complexity index is 388. The summed E-state index contributed by atoms with van der Waals surface area (Å²) in [6.07, 6.45) is 0. The Balaban J connectivity index is 1.89. The van der Waals surface area contributed by atoms with Gasteiger partial charge in [-0.1, -0.05) is 32.0 Å². The molecule has 100 valence electrons. The molecule has 0 aromatic heterocycles. The van der Waals surface area contributed by atoms with Crippen LogP contribution in [0.1, 0.15) is 30.5 Å². The van der Waals surface area contributed by atoms with Crippen molar-refractivity contribution in [3.8, 4) is 0 Å². The SMILES string of the molecule is CCN(CC)CCN1Cc2ccc(CO)cc2C1. The van der Waals surface area contributed by atoms with Crippen molar-refractivity contribution in [3.05, 3.63) is 34.9 Å². The molecule has 0 aliphatic carbocycles. The molecule has 0 amide bonds. The van der Waals surface area contributed by atoms with Crippen molar-refractivity contribution in [2.45, 2.75) is 33.5 Å². The highest BCUT2D eigenvalue weighted by atomic mass is 16.3. The predicted octanol–water partition coefficient (Wildman–Crippen LogP) is 1.84. The van der Waals surface area contributed by atoms with Crippen LogP contribution in [0.25, 0.3) is 0 Å². The molecule has 1 N–H and O–H groups in total. The Morgan fingerprint density at radius 1 is 1.17 bits per heavy atom. The fraction of sp³-hybridized carbons (Fsp3) is 0.600. The highest BCUT2D eigenvalue weighted by Crippen LogP contribution is 2.23. The fourth-order valence-corrected chi connectivity index (χ4v) is 2.60. The molecule has 3 heteroatoms. The molecular weight excluding hydrogens is 224 g/mol. The van der Waals surface area contributed by atoms with Crippen LogP contribution in [0.2, 0.25) is 0 Å². The number of benzene rings is 1. The molecule has 1 aromatic rings. The van der Waals surface area contributed by atoms with E-state index in [1.807, 2.05) is 6.07 Å². The largest absolute Gasteiger partial charge is 0.392 e. The second-order valence-corrected chi connectivity index (χ2v) is 5.00. The first-order valence-electron chi connectivity index (χ1n) is 6.93. The fourth-order valence-electron chi connectivity index (χ4n) is 2.60. The van der Waals surface area contributed by atoms with Crippen molar-refractivity contribution in [3.63, 3.8) is 0 Å². The number of nitrogens with zero attached hydrogens (tertiary/aromatic N) is 2. The van der Waals surface area contributed by atoms with Gasteiger partial charge < -0.3 is 10.0 Å². The maximum Gasteiger partial charge on any atom is 0.0681 e. The van der Waals surface area contributed by atoms with Crippen LogP contribution in [-0.4, -0.2) is 41.1 Å². The van der Waals surface area contributed by atoms with Crippen LogP contribution in [0, 0.1) is 0 Å². The topological polar surface area (TPSA) is 26.7 Å². The number of aliphatic hydroxyl groups excluding tert-OH is 1. The highest BCUT2D eigenvalue weighted by molar-refractivity contribution is 5.34. The minimum atomic E-state index is 0.146. The first-order chi connectivity index (χ1) is 8.76. The summed E-state index contributed by atoms with van der Waals surface area (Å²) in [4.78, 5) is 4.95. The van der Waals surface area contributed by atoms with E-state index < -0.39 is 0 Å². The van der Waals surface area contributed by atoms with E-state index in [2.05, 4.69) is 35.8 Å². The zero-order valence-corrected chi connectivity index (χ0v) is 11.5. The normalized spacial score (nSPS) is 15.3. The van der Waals surface area contributed by atoms with Crippen molar-refractivity contribution in [1.82, 2.24) is 9.80 Å². The second kappa shape index (κ2) is 6.32. The summed E-state index contributed by atoms with van der Waals surface area (Å²) in [7, 11) is 0. The zero-order chi connectivity index (χ0) is 13.0. The van der Waals surface area contributed by atoms with E-state index in [1.54, 1.807) is 0 Å². The maximum atomic E-state index is 9.15. The number of rotatable bonds is 6. The molecule has 2 rings (SSSR count). The molecule has 1 heterocycles. The van der Waals surface area contributed by atoms with E-state index in [9.17, 15) is 0 Å². The van der Waals surface area contributed by atoms with Crippen LogP contribution in [-0.2, 0) is 19.7 Å². The van der Waals surface area contributed by atoms with Gasteiger partial charge in [0.1, 0.15) is 0 Å². The van der Waals surface area contributed by atoms with Gasteiger partial charge in [-0.05, 0) is 29.8 Å². The summed E-state index contributed by atoms with van der Waals surface area (Å²) in [6.45, 7) is 11.2. The van der Waals surface area contributed by atoms with Gasteiger partial charge in [0.2, 0.25) is 0 Å². The number of hydrogen-bond donors (Lipinski definition) is 1. The molecule has 0 fully saturated rings. The van der Waals surface area contributed by atoms with Gasteiger partial charge in [-0.3, -0.25) is 4.90 Å². The first-order valence-corrected chi connectivity index (χ1v) is 6.93. The molecule has 0 saturated carbocycles. The number of fused-ring (bicyclic) bond motifs is 1. The summed E-state index contributed by atoms with van der Waals surface area (Å²) in [5.74, 6) is 0. The van der Waals surface area contributed by atoms with E-state index in [0.29, 0.717) is 0 Å². The van der Waals surface area contributed by atoms with Crippen molar-refractivity contribution in [2.24, 2.45) is 0 Å². The third-order valence-electron chi connectivity index (χ3n) is 3.87. The lowest BCUT2D eigenvalue weighted by molar-refractivity contribution is 0.216. The molecule has 18 heavy (non-hydrogen) atoms. The Morgan fingerprint density at radius 2 is 1.89 bits per heavy atom. The summed E-state index contributed by atoms with van der Waals surface area (Å²) in [5, 5.41) is 9.15. The van der Waals surface area contributed by atoms with Crippen LogP contribution in [0.3, 0.4) is 0 Å². The summed E-state index contributed by atoms with van der Waals surface area (Å²) < 4.78 is 0. The third-order valence-corrected chi connectivity index (χ3v) is 3.87. The molecular formula is C15H24N2O. The Labute approximate surface area is 110 Å². The van der Waals surface area contributed by atoms with E-state index >= 15 is 0 Å². The van der Waals surface area contributed by atoms with Gasteiger partial charge >= 0.3 is 0 Å². The quantitative estimate of drug-likeness (QED) is 0.832. The van der Waals surface area contributed by atoms with Gasteiger partial charge in [-0.25, -0.2) is 0 Å². The Kier molecular flexibility index (Phi) is 4.75. The van der Waals surface area contributed by atoms with E-state index in [0.717, 1.165) is 44.8 Å². The van der Waals surface area contributed by atoms with Gasteiger partial charge in [-0.2, -0.15) is 0 Å². The highest BCUT2D eigenvalue weighted by Gasteiger charge is 2.18. The van der Waals surface area contributed by atoms with Gasteiger partial charge in [0.25, 0.3) is 0 Å². The van der Waals surface area contributed by atoms with E-state index in [1.165, 1.54) is 11.1 Å². The number of hydrogen-bond acceptors (Lipinski definition) is 3. The van der Waals surface area contributed by atoms with E-state index in [-0.39, 0.29) is 6.61 Å². The summed E-state index contributed by atoms with van der Waals surface area (Å²) in [5.41, 5.74) is 3.84. The zero-order valence-electron chi connectivity index (χ0n) is 11.5. The molecule has 0 atom stereocenters. The van der Waals surface area contributed by atoms with Crippen LogP contribution in [0.4, 0.5) is 0 Å². The standard InChI is InChI=1S/C15H24N2O/c1-3-16(4-2)7-8-17-10-14-6-5-13(12-18)9-15(14)11-17/h5-6,9,18H,3-4,7-8,10-12H2,1-2H3. The monoisotopic (exact) mass is 248 g/mol. The molecule has 1 aromatic carbocycles. The van der Waals surface area contributed by atoms with Crippen LogP contribution in [0.15, 0.2) is 18.2 Å². The molecule has 0 saturated heterocycles. The molecule has 0 spiro atoms. The van der Waals surface area contributed by atoms with Gasteiger partial charge in [-0.15, -0.1) is 0 Å². The molecule has 0 unspecified atom stereocenters. The second-order valence-electron chi connectivity index (χ2n) is 5.00. The molecule has 1 aliphatic rings.